The molecule has 2 aromatic carbocycles. The zero-order valence-corrected chi connectivity index (χ0v) is 18.4. The minimum atomic E-state index is -0.150. The molecule has 2 N–H and O–H groups in total. The number of amides is 1. The predicted octanol–water partition coefficient (Wildman–Crippen LogP) is 6.04. The number of halogens is 1. The maximum Gasteiger partial charge on any atom is 0.222 e. The molecule has 0 aliphatic rings. The summed E-state index contributed by atoms with van der Waals surface area (Å²) >= 11 is 7.75. The van der Waals surface area contributed by atoms with Crippen molar-refractivity contribution in [2.75, 3.05) is 17.1 Å². The standard InChI is InChI=1S/C23H19ClN4O2S/c1-14(29)26-22-10-4-16-11-15(3-9-20(16)27-22)17-12-21(23(24)25-13-17)28-31-19-7-5-18(30-2)6-8-19/h3-13,28H,1-2H3,(H,26,27,29). The van der Waals surface area contributed by atoms with E-state index >= 15 is 0 Å². The van der Waals surface area contributed by atoms with Crippen molar-refractivity contribution in [3.8, 4) is 16.9 Å². The van der Waals surface area contributed by atoms with Gasteiger partial charge in [-0.2, -0.15) is 0 Å². The number of pyridine rings is 2. The number of carbonyl (C=O) groups is 1. The molecule has 0 radical (unpaired) electrons. The lowest BCUT2D eigenvalue weighted by molar-refractivity contribution is -0.114. The third-order valence-corrected chi connectivity index (χ3v) is 5.64. The van der Waals surface area contributed by atoms with Crippen molar-refractivity contribution < 1.29 is 9.53 Å². The van der Waals surface area contributed by atoms with Crippen LogP contribution in [0.4, 0.5) is 11.5 Å². The molecule has 2 aromatic heterocycles. The number of ether oxygens (including phenoxy) is 1. The smallest absolute Gasteiger partial charge is 0.222 e. The molecule has 0 bridgehead atoms. The average Bonchev–Trinajstić information content (AvgIpc) is 2.78. The van der Waals surface area contributed by atoms with E-state index in [1.54, 1.807) is 19.4 Å². The molecule has 8 heteroatoms. The SMILES string of the molecule is COc1ccc(SNc2cc(-c3ccc4nc(NC(C)=O)ccc4c3)cnc2Cl)cc1. The molecule has 0 spiro atoms. The number of anilines is 2. The third-order valence-electron chi connectivity index (χ3n) is 4.50. The Kier molecular flexibility index (Phi) is 6.25. The Balaban J connectivity index is 1.56. The minimum absolute atomic E-state index is 0.150. The molecule has 0 aliphatic heterocycles. The summed E-state index contributed by atoms with van der Waals surface area (Å²) in [7, 11) is 1.64. The summed E-state index contributed by atoms with van der Waals surface area (Å²) in [6.45, 7) is 1.46. The van der Waals surface area contributed by atoms with Gasteiger partial charge in [-0.25, -0.2) is 9.97 Å². The normalized spacial score (nSPS) is 10.7. The van der Waals surface area contributed by atoms with Gasteiger partial charge in [0.05, 0.1) is 18.3 Å². The second-order valence-corrected chi connectivity index (χ2v) is 7.96. The van der Waals surface area contributed by atoms with E-state index in [0.717, 1.165) is 38.4 Å². The molecule has 0 unspecified atom stereocenters. The van der Waals surface area contributed by atoms with E-state index < -0.39 is 0 Å². The Bertz CT molecular complexity index is 1250. The largest absolute Gasteiger partial charge is 0.497 e. The summed E-state index contributed by atoms with van der Waals surface area (Å²) in [4.78, 5) is 21.1. The number of carbonyl (C=O) groups excluding carboxylic acids is 1. The number of nitrogens with zero attached hydrogens (tertiary/aromatic N) is 2. The van der Waals surface area contributed by atoms with E-state index in [2.05, 4.69) is 20.0 Å². The van der Waals surface area contributed by atoms with Crippen LogP contribution in [-0.2, 0) is 4.79 Å². The van der Waals surface area contributed by atoms with Gasteiger partial charge in [0.2, 0.25) is 5.91 Å². The zero-order chi connectivity index (χ0) is 21.8. The summed E-state index contributed by atoms with van der Waals surface area (Å²) in [5.41, 5.74) is 3.43. The molecule has 4 aromatic rings. The van der Waals surface area contributed by atoms with Gasteiger partial charge in [0.1, 0.15) is 11.6 Å². The highest BCUT2D eigenvalue weighted by molar-refractivity contribution is 8.00. The molecule has 0 saturated heterocycles. The van der Waals surface area contributed by atoms with E-state index in [0.29, 0.717) is 11.0 Å². The Labute approximate surface area is 189 Å². The quantitative estimate of drug-likeness (QED) is 0.275. The van der Waals surface area contributed by atoms with Crippen LogP contribution >= 0.6 is 23.5 Å². The fourth-order valence-electron chi connectivity index (χ4n) is 2.99. The van der Waals surface area contributed by atoms with Crippen molar-refractivity contribution in [1.82, 2.24) is 9.97 Å². The highest BCUT2D eigenvalue weighted by atomic mass is 35.5. The number of methoxy groups -OCH3 is 1. The van der Waals surface area contributed by atoms with Gasteiger partial charge in [0, 0.05) is 29.0 Å². The Morgan fingerprint density at radius 1 is 1.03 bits per heavy atom. The fraction of sp³-hybridized carbons (Fsp3) is 0.0870. The van der Waals surface area contributed by atoms with Gasteiger partial charge in [-0.3, -0.25) is 4.79 Å². The first-order valence-electron chi connectivity index (χ1n) is 9.43. The van der Waals surface area contributed by atoms with Gasteiger partial charge < -0.3 is 14.8 Å². The van der Waals surface area contributed by atoms with Crippen LogP contribution in [0.5, 0.6) is 5.75 Å². The molecule has 1 amide bonds. The number of fused-ring (bicyclic) bond motifs is 1. The monoisotopic (exact) mass is 450 g/mol. The molecule has 6 nitrogen and oxygen atoms in total. The molecule has 156 valence electrons. The zero-order valence-electron chi connectivity index (χ0n) is 16.8. The highest BCUT2D eigenvalue weighted by Crippen LogP contribution is 2.32. The van der Waals surface area contributed by atoms with Gasteiger partial charge in [-0.1, -0.05) is 17.7 Å². The lowest BCUT2D eigenvalue weighted by Gasteiger charge is -2.10. The van der Waals surface area contributed by atoms with Crippen molar-refractivity contribution in [3.63, 3.8) is 0 Å². The number of hydrogen-bond acceptors (Lipinski definition) is 6. The van der Waals surface area contributed by atoms with Crippen molar-refractivity contribution >= 4 is 51.9 Å². The summed E-state index contributed by atoms with van der Waals surface area (Å²) in [6.07, 6.45) is 1.74. The van der Waals surface area contributed by atoms with E-state index in [1.165, 1.54) is 18.9 Å². The van der Waals surface area contributed by atoms with Gasteiger partial charge in [-0.05, 0) is 72.1 Å². The van der Waals surface area contributed by atoms with Gasteiger partial charge in [0.25, 0.3) is 0 Å². The molecular weight excluding hydrogens is 432 g/mol. The van der Waals surface area contributed by atoms with Gasteiger partial charge in [-0.15, -0.1) is 0 Å². The number of hydrogen-bond donors (Lipinski definition) is 2. The van der Waals surface area contributed by atoms with Gasteiger partial charge in [0.15, 0.2) is 5.15 Å². The van der Waals surface area contributed by atoms with Crippen molar-refractivity contribution in [1.29, 1.82) is 0 Å². The molecular formula is C23H19ClN4O2S. The molecule has 0 atom stereocenters. The third kappa shape index (κ3) is 5.07. The second kappa shape index (κ2) is 9.24. The first-order chi connectivity index (χ1) is 15.0. The van der Waals surface area contributed by atoms with E-state index in [9.17, 15) is 4.79 Å². The predicted molar refractivity (Wildman–Crippen MR) is 127 cm³/mol. The Morgan fingerprint density at radius 3 is 2.58 bits per heavy atom. The van der Waals surface area contributed by atoms with Crippen LogP contribution in [0.25, 0.3) is 22.0 Å². The van der Waals surface area contributed by atoms with Gasteiger partial charge >= 0.3 is 0 Å². The summed E-state index contributed by atoms with van der Waals surface area (Å²) in [5, 5.41) is 4.06. The topological polar surface area (TPSA) is 76.1 Å². The van der Waals surface area contributed by atoms with E-state index in [-0.39, 0.29) is 5.91 Å². The Hall–Kier alpha value is -3.29. The van der Waals surface area contributed by atoms with Crippen molar-refractivity contribution in [2.45, 2.75) is 11.8 Å². The lowest BCUT2D eigenvalue weighted by atomic mass is 10.0. The maximum atomic E-state index is 11.2. The summed E-state index contributed by atoms with van der Waals surface area (Å²) in [6, 6.07) is 19.3. The first-order valence-corrected chi connectivity index (χ1v) is 10.6. The first kappa shape index (κ1) is 21.0. The Morgan fingerprint density at radius 2 is 1.84 bits per heavy atom. The molecule has 4 rings (SSSR count). The van der Waals surface area contributed by atoms with Crippen LogP contribution in [0.3, 0.4) is 0 Å². The number of rotatable bonds is 6. The van der Waals surface area contributed by atoms with Crippen LogP contribution < -0.4 is 14.8 Å². The van der Waals surface area contributed by atoms with Crippen molar-refractivity contribution in [3.05, 3.63) is 72.0 Å². The second-order valence-electron chi connectivity index (χ2n) is 6.73. The van der Waals surface area contributed by atoms with Crippen LogP contribution in [0, 0.1) is 0 Å². The molecule has 0 saturated carbocycles. The molecule has 31 heavy (non-hydrogen) atoms. The molecule has 2 heterocycles. The highest BCUT2D eigenvalue weighted by Gasteiger charge is 2.08. The molecule has 0 aliphatic carbocycles. The van der Waals surface area contributed by atoms with E-state index in [4.69, 9.17) is 16.3 Å². The summed E-state index contributed by atoms with van der Waals surface area (Å²) < 4.78 is 8.45. The van der Waals surface area contributed by atoms with Crippen LogP contribution in [-0.4, -0.2) is 23.0 Å². The molecule has 0 fully saturated rings. The average molecular weight is 451 g/mol. The van der Waals surface area contributed by atoms with E-state index in [1.807, 2.05) is 54.6 Å². The lowest BCUT2D eigenvalue weighted by Crippen LogP contribution is -2.07. The maximum absolute atomic E-state index is 11.2. The van der Waals surface area contributed by atoms with Crippen molar-refractivity contribution in [2.24, 2.45) is 0 Å². The van der Waals surface area contributed by atoms with Crippen LogP contribution in [0.2, 0.25) is 5.15 Å². The number of benzene rings is 2. The number of nitrogens with one attached hydrogen (secondary N) is 2. The van der Waals surface area contributed by atoms with Crippen LogP contribution in [0.15, 0.2) is 71.8 Å². The minimum Gasteiger partial charge on any atom is -0.497 e. The summed E-state index contributed by atoms with van der Waals surface area (Å²) in [5.74, 6) is 1.19. The fourth-order valence-corrected chi connectivity index (χ4v) is 3.85. The van der Waals surface area contributed by atoms with Crippen LogP contribution in [0.1, 0.15) is 6.92 Å². The number of aromatic nitrogens is 2.